The van der Waals surface area contributed by atoms with Gasteiger partial charge < -0.3 is 0 Å². The summed E-state index contributed by atoms with van der Waals surface area (Å²) in [7, 11) is -3.06. The normalized spacial score (nSPS) is 26.6. The van der Waals surface area contributed by atoms with Gasteiger partial charge in [-0.15, -0.1) is 11.6 Å². The first-order valence-electron chi connectivity index (χ1n) is 5.07. The number of halogens is 1. The lowest BCUT2D eigenvalue weighted by Gasteiger charge is -2.21. The average molecular weight is 240 g/mol. The molecule has 2 unspecified atom stereocenters. The van der Waals surface area contributed by atoms with E-state index in [-0.39, 0.29) is 17.2 Å². The van der Waals surface area contributed by atoms with Crippen LogP contribution in [0.25, 0.3) is 0 Å². The molecule has 1 rings (SSSR count). The van der Waals surface area contributed by atoms with Gasteiger partial charge in [0.1, 0.15) is 0 Å². The third kappa shape index (κ3) is 3.11. The molecule has 5 heteroatoms. The van der Waals surface area contributed by atoms with Crippen LogP contribution >= 0.6 is 11.6 Å². The van der Waals surface area contributed by atoms with Crippen LogP contribution in [0, 0.1) is 0 Å². The largest absolute Gasteiger partial charge is 0.214 e. The molecule has 0 aromatic carbocycles. The van der Waals surface area contributed by atoms with E-state index in [1.165, 1.54) is 0 Å². The van der Waals surface area contributed by atoms with Crippen molar-refractivity contribution in [2.45, 2.75) is 44.5 Å². The second-order valence-electron chi connectivity index (χ2n) is 3.99. The Labute approximate surface area is 91.5 Å². The van der Waals surface area contributed by atoms with Gasteiger partial charge in [0.15, 0.2) is 0 Å². The van der Waals surface area contributed by atoms with Crippen LogP contribution in [0.2, 0.25) is 0 Å². The predicted octanol–water partition coefficient (Wildman–Crippen LogP) is 1.82. The Balaban J connectivity index is 2.56. The van der Waals surface area contributed by atoms with Gasteiger partial charge in [-0.1, -0.05) is 0 Å². The molecule has 0 aliphatic carbocycles. The van der Waals surface area contributed by atoms with E-state index in [2.05, 4.69) is 0 Å². The highest BCUT2D eigenvalue weighted by atomic mass is 35.5. The second kappa shape index (κ2) is 4.81. The zero-order valence-electron chi connectivity index (χ0n) is 8.74. The molecule has 0 spiro atoms. The summed E-state index contributed by atoms with van der Waals surface area (Å²) in [5, 5.41) is -0.0670. The van der Waals surface area contributed by atoms with Crippen LogP contribution < -0.4 is 0 Å². The van der Waals surface area contributed by atoms with Gasteiger partial charge >= 0.3 is 0 Å². The molecule has 1 aliphatic rings. The zero-order chi connectivity index (χ0) is 10.8. The highest BCUT2D eigenvalue weighted by molar-refractivity contribution is 7.89. The minimum atomic E-state index is -3.06. The number of sulfonamides is 1. The van der Waals surface area contributed by atoms with Crippen molar-refractivity contribution < 1.29 is 8.42 Å². The molecule has 0 bridgehead atoms. The standard InChI is InChI=1S/C9H18ClNO2S/c1-8(10)5-7-14(12,13)11-6-3-4-9(11)2/h8-9H,3-7H2,1-2H3. The lowest BCUT2D eigenvalue weighted by Crippen LogP contribution is -2.35. The molecule has 2 atom stereocenters. The maximum atomic E-state index is 11.8. The van der Waals surface area contributed by atoms with E-state index in [9.17, 15) is 8.42 Å². The number of hydrogen-bond donors (Lipinski definition) is 0. The molecule has 1 fully saturated rings. The summed E-state index contributed by atoms with van der Waals surface area (Å²) in [6, 6.07) is 0.172. The van der Waals surface area contributed by atoms with Crippen molar-refractivity contribution in [3.63, 3.8) is 0 Å². The third-order valence-corrected chi connectivity index (χ3v) is 4.85. The Morgan fingerprint density at radius 3 is 2.64 bits per heavy atom. The fourth-order valence-corrected chi connectivity index (χ4v) is 3.93. The summed E-state index contributed by atoms with van der Waals surface area (Å²) in [4.78, 5) is 0. The Morgan fingerprint density at radius 2 is 2.21 bits per heavy atom. The first kappa shape index (κ1) is 12.3. The van der Waals surface area contributed by atoms with Gasteiger partial charge in [-0.25, -0.2) is 8.42 Å². The molecule has 84 valence electrons. The molecule has 3 nitrogen and oxygen atoms in total. The smallest absolute Gasteiger partial charge is 0.212 e. The Bertz CT molecular complexity index is 277. The van der Waals surface area contributed by atoms with E-state index in [4.69, 9.17) is 11.6 Å². The minimum Gasteiger partial charge on any atom is -0.212 e. The highest BCUT2D eigenvalue weighted by Crippen LogP contribution is 2.21. The molecule has 0 radical (unpaired) electrons. The van der Waals surface area contributed by atoms with E-state index in [0.717, 1.165) is 12.8 Å². The van der Waals surface area contributed by atoms with Crippen molar-refractivity contribution >= 4 is 21.6 Å². The molecule has 0 aromatic heterocycles. The van der Waals surface area contributed by atoms with Crippen molar-refractivity contribution in [2.75, 3.05) is 12.3 Å². The number of rotatable bonds is 4. The van der Waals surface area contributed by atoms with Gasteiger partial charge in [-0.2, -0.15) is 4.31 Å². The van der Waals surface area contributed by atoms with E-state index in [1.54, 1.807) is 4.31 Å². The van der Waals surface area contributed by atoms with Crippen LogP contribution in [0.15, 0.2) is 0 Å². The second-order valence-corrected chi connectivity index (χ2v) is 6.77. The van der Waals surface area contributed by atoms with Crippen molar-refractivity contribution in [2.24, 2.45) is 0 Å². The molecule has 1 heterocycles. The Hall–Kier alpha value is 0.200. The van der Waals surface area contributed by atoms with Gasteiger partial charge in [0.2, 0.25) is 10.0 Å². The monoisotopic (exact) mass is 239 g/mol. The molecule has 0 N–H and O–H groups in total. The van der Waals surface area contributed by atoms with Crippen LogP contribution in [-0.2, 0) is 10.0 Å². The molecule has 0 aromatic rings. The first-order valence-corrected chi connectivity index (χ1v) is 7.11. The SMILES string of the molecule is CC(Cl)CCS(=O)(=O)N1CCCC1C. The predicted molar refractivity (Wildman–Crippen MR) is 59.1 cm³/mol. The summed E-state index contributed by atoms with van der Waals surface area (Å²) < 4.78 is 25.2. The molecule has 0 saturated carbocycles. The topological polar surface area (TPSA) is 37.4 Å². The lowest BCUT2D eigenvalue weighted by molar-refractivity contribution is 0.407. The average Bonchev–Trinajstić information content (AvgIpc) is 2.48. The van der Waals surface area contributed by atoms with Crippen LogP contribution in [-0.4, -0.2) is 36.4 Å². The van der Waals surface area contributed by atoms with E-state index < -0.39 is 10.0 Å². The van der Waals surface area contributed by atoms with Crippen molar-refractivity contribution in [3.8, 4) is 0 Å². The number of hydrogen-bond acceptors (Lipinski definition) is 2. The lowest BCUT2D eigenvalue weighted by atomic mass is 10.3. The molecule has 0 amide bonds. The first-order chi connectivity index (χ1) is 6.43. The zero-order valence-corrected chi connectivity index (χ0v) is 10.3. The molecule has 1 aliphatic heterocycles. The van der Waals surface area contributed by atoms with Gasteiger partial charge in [-0.3, -0.25) is 0 Å². The highest BCUT2D eigenvalue weighted by Gasteiger charge is 2.30. The summed E-state index contributed by atoms with van der Waals surface area (Å²) >= 11 is 5.74. The molecular formula is C9H18ClNO2S. The van der Waals surface area contributed by atoms with E-state index >= 15 is 0 Å². The molecular weight excluding hydrogens is 222 g/mol. The Morgan fingerprint density at radius 1 is 1.57 bits per heavy atom. The van der Waals surface area contributed by atoms with Crippen molar-refractivity contribution in [1.82, 2.24) is 4.31 Å². The van der Waals surface area contributed by atoms with Gasteiger partial charge in [-0.05, 0) is 33.1 Å². The maximum Gasteiger partial charge on any atom is 0.214 e. The van der Waals surface area contributed by atoms with Crippen molar-refractivity contribution in [1.29, 1.82) is 0 Å². The summed E-state index contributed by atoms with van der Waals surface area (Å²) in [6.45, 7) is 4.47. The molecule has 14 heavy (non-hydrogen) atoms. The van der Waals surface area contributed by atoms with Crippen LogP contribution in [0.3, 0.4) is 0 Å². The van der Waals surface area contributed by atoms with Crippen molar-refractivity contribution in [3.05, 3.63) is 0 Å². The maximum absolute atomic E-state index is 11.8. The van der Waals surface area contributed by atoms with Crippen LogP contribution in [0.4, 0.5) is 0 Å². The molecule has 1 saturated heterocycles. The summed E-state index contributed by atoms with van der Waals surface area (Å²) in [5.74, 6) is 0.183. The summed E-state index contributed by atoms with van der Waals surface area (Å²) in [5.41, 5.74) is 0. The summed E-state index contributed by atoms with van der Waals surface area (Å²) in [6.07, 6.45) is 2.50. The fraction of sp³-hybridized carbons (Fsp3) is 1.00. The third-order valence-electron chi connectivity index (χ3n) is 2.62. The Kier molecular flexibility index (Phi) is 4.22. The van der Waals surface area contributed by atoms with Gasteiger partial charge in [0, 0.05) is 18.0 Å². The fourth-order valence-electron chi connectivity index (χ4n) is 1.75. The van der Waals surface area contributed by atoms with Gasteiger partial charge in [0.05, 0.1) is 5.75 Å². The minimum absolute atomic E-state index is 0.0670. The van der Waals surface area contributed by atoms with Crippen LogP contribution in [0.5, 0.6) is 0 Å². The van der Waals surface area contributed by atoms with E-state index in [0.29, 0.717) is 13.0 Å². The quantitative estimate of drug-likeness (QED) is 0.702. The van der Waals surface area contributed by atoms with Gasteiger partial charge in [0.25, 0.3) is 0 Å². The van der Waals surface area contributed by atoms with E-state index in [1.807, 2.05) is 13.8 Å². The number of nitrogens with zero attached hydrogens (tertiary/aromatic N) is 1. The van der Waals surface area contributed by atoms with Crippen LogP contribution in [0.1, 0.15) is 33.1 Å². The number of alkyl halides is 1.